The number of phenols is 1. The average molecular weight is 418 g/mol. The summed E-state index contributed by atoms with van der Waals surface area (Å²) in [5.41, 5.74) is 1.84. The van der Waals surface area contributed by atoms with E-state index in [2.05, 4.69) is 10.4 Å². The first-order chi connectivity index (χ1) is 14.9. The normalized spacial score (nSPS) is 21.9. The molecular formula is C23H22N4O4. The lowest BCUT2D eigenvalue weighted by molar-refractivity contribution is -0.121. The van der Waals surface area contributed by atoms with Crippen molar-refractivity contribution in [3.63, 3.8) is 0 Å². The first-order valence-corrected chi connectivity index (χ1v) is 10.0. The van der Waals surface area contributed by atoms with Crippen LogP contribution in [0.15, 0.2) is 54.9 Å². The maximum absolute atomic E-state index is 13.6. The Labute approximate surface area is 179 Å². The molecule has 1 fully saturated rings. The minimum atomic E-state index is -0.907. The van der Waals surface area contributed by atoms with Gasteiger partial charge in [0.05, 0.1) is 19.3 Å². The molecule has 2 aromatic carbocycles. The Morgan fingerprint density at radius 1 is 1.29 bits per heavy atom. The molecule has 0 unspecified atom stereocenters. The summed E-state index contributed by atoms with van der Waals surface area (Å²) < 4.78 is 6.88. The minimum Gasteiger partial charge on any atom is -0.508 e. The number of hydrogen-bond donors (Lipinski definition) is 2. The SMILES string of the molecule is COc1cc(O)cc(C(=O)N2CC[C@]3(C(=O)Nc4ccccc43)[C@@H]2c2cnn(C)c2)c1. The van der Waals surface area contributed by atoms with E-state index >= 15 is 0 Å². The first-order valence-electron chi connectivity index (χ1n) is 10.0. The third kappa shape index (κ3) is 2.78. The van der Waals surface area contributed by atoms with E-state index in [0.717, 1.165) is 16.8 Å². The summed E-state index contributed by atoms with van der Waals surface area (Å²) in [6, 6.07) is 11.5. The highest BCUT2D eigenvalue weighted by Gasteiger charge is 2.59. The van der Waals surface area contributed by atoms with Gasteiger partial charge in [0.1, 0.15) is 16.9 Å². The lowest BCUT2D eigenvalue weighted by Crippen LogP contribution is -2.42. The number of nitrogens with one attached hydrogen (secondary N) is 1. The number of rotatable bonds is 3. The molecule has 0 saturated carbocycles. The van der Waals surface area contributed by atoms with Crippen LogP contribution in [0.4, 0.5) is 5.69 Å². The number of carbonyl (C=O) groups is 2. The Hall–Kier alpha value is -3.81. The third-order valence-corrected chi connectivity index (χ3v) is 6.26. The number of nitrogens with zero attached hydrogens (tertiary/aromatic N) is 3. The molecule has 3 heterocycles. The number of methoxy groups -OCH3 is 1. The van der Waals surface area contributed by atoms with Crippen LogP contribution in [0, 0.1) is 0 Å². The average Bonchev–Trinajstić information content (AvgIpc) is 3.44. The monoisotopic (exact) mass is 418 g/mol. The Bertz CT molecular complexity index is 1200. The molecule has 3 aromatic rings. The Balaban J connectivity index is 1.65. The van der Waals surface area contributed by atoms with Crippen LogP contribution in [-0.4, -0.2) is 45.3 Å². The number of phenolic OH excluding ortho intramolecular Hbond substituents is 1. The van der Waals surface area contributed by atoms with Gasteiger partial charge in [0.25, 0.3) is 5.91 Å². The Morgan fingerprint density at radius 2 is 2.10 bits per heavy atom. The molecule has 1 aromatic heterocycles. The molecule has 1 spiro atoms. The molecule has 2 N–H and O–H groups in total. The smallest absolute Gasteiger partial charge is 0.254 e. The summed E-state index contributed by atoms with van der Waals surface area (Å²) in [5.74, 6) is -0.0684. The van der Waals surface area contributed by atoms with E-state index in [1.807, 2.05) is 30.5 Å². The second kappa shape index (κ2) is 6.87. The van der Waals surface area contributed by atoms with E-state index in [1.165, 1.54) is 19.2 Å². The van der Waals surface area contributed by atoms with Crippen molar-refractivity contribution in [2.75, 3.05) is 19.0 Å². The zero-order chi connectivity index (χ0) is 21.8. The van der Waals surface area contributed by atoms with E-state index in [1.54, 1.807) is 28.9 Å². The van der Waals surface area contributed by atoms with Crippen molar-refractivity contribution < 1.29 is 19.4 Å². The van der Waals surface area contributed by atoms with Gasteiger partial charge in [0, 0.05) is 42.7 Å². The Kier molecular flexibility index (Phi) is 4.25. The van der Waals surface area contributed by atoms with Crippen LogP contribution in [0.25, 0.3) is 0 Å². The summed E-state index contributed by atoms with van der Waals surface area (Å²) in [5, 5.41) is 17.3. The van der Waals surface area contributed by atoms with Gasteiger partial charge in [-0.15, -0.1) is 0 Å². The van der Waals surface area contributed by atoms with Gasteiger partial charge in [0.2, 0.25) is 5.91 Å². The molecule has 8 heteroatoms. The maximum atomic E-state index is 13.6. The van der Waals surface area contributed by atoms with Gasteiger partial charge in [-0.25, -0.2) is 0 Å². The summed E-state index contributed by atoms with van der Waals surface area (Å²) in [6.45, 7) is 0.387. The summed E-state index contributed by atoms with van der Waals surface area (Å²) in [4.78, 5) is 28.7. The summed E-state index contributed by atoms with van der Waals surface area (Å²) in [6.07, 6.45) is 4.03. The summed E-state index contributed by atoms with van der Waals surface area (Å²) >= 11 is 0. The van der Waals surface area contributed by atoms with Crippen LogP contribution >= 0.6 is 0 Å². The number of aryl methyl sites for hydroxylation is 1. The lowest BCUT2D eigenvalue weighted by atomic mass is 9.73. The van der Waals surface area contributed by atoms with Crippen molar-refractivity contribution in [1.29, 1.82) is 0 Å². The zero-order valence-electron chi connectivity index (χ0n) is 17.2. The molecule has 0 radical (unpaired) electrons. The number of anilines is 1. The number of likely N-dealkylation sites (tertiary alicyclic amines) is 1. The molecule has 5 rings (SSSR count). The van der Waals surface area contributed by atoms with Gasteiger partial charge < -0.3 is 20.1 Å². The molecule has 158 valence electrons. The largest absolute Gasteiger partial charge is 0.508 e. The highest BCUT2D eigenvalue weighted by atomic mass is 16.5. The van der Waals surface area contributed by atoms with Crippen LogP contribution in [0.3, 0.4) is 0 Å². The van der Waals surface area contributed by atoms with E-state index in [-0.39, 0.29) is 17.6 Å². The molecule has 0 aliphatic carbocycles. The van der Waals surface area contributed by atoms with Crippen molar-refractivity contribution in [2.45, 2.75) is 17.9 Å². The number of hydrogen-bond acceptors (Lipinski definition) is 5. The number of para-hydroxylation sites is 1. The molecule has 8 nitrogen and oxygen atoms in total. The molecule has 0 bridgehead atoms. The van der Waals surface area contributed by atoms with Crippen molar-refractivity contribution in [3.8, 4) is 11.5 Å². The fourth-order valence-corrected chi connectivity index (χ4v) is 4.94. The molecule has 1 saturated heterocycles. The van der Waals surface area contributed by atoms with Crippen molar-refractivity contribution >= 4 is 17.5 Å². The second-order valence-corrected chi connectivity index (χ2v) is 7.99. The van der Waals surface area contributed by atoms with Gasteiger partial charge in [-0.2, -0.15) is 5.10 Å². The fraction of sp³-hybridized carbons (Fsp3) is 0.261. The Morgan fingerprint density at radius 3 is 2.84 bits per heavy atom. The van der Waals surface area contributed by atoms with Crippen LogP contribution in [0.1, 0.15) is 33.9 Å². The van der Waals surface area contributed by atoms with Crippen molar-refractivity contribution in [2.24, 2.45) is 7.05 Å². The predicted octanol–water partition coefficient (Wildman–Crippen LogP) is 2.61. The fourth-order valence-electron chi connectivity index (χ4n) is 4.94. The zero-order valence-corrected chi connectivity index (χ0v) is 17.2. The van der Waals surface area contributed by atoms with Crippen LogP contribution in [-0.2, 0) is 17.3 Å². The molecule has 2 aliphatic rings. The van der Waals surface area contributed by atoms with Crippen LogP contribution < -0.4 is 10.1 Å². The minimum absolute atomic E-state index is 0.0570. The van der Waals surface area contributed by atoms with Crippen LogP contribution in [0.2, 0.25) is 0 Å². The lowest BCUT2D eigenvalue weighted by Gasteiger charge is -2.33. The molecule has 2 aliphatic heterocycles. The van der Waals surface area contributed by atoms with E-state index in [0.29, 0.717) is 24.3 Å². The van der Waals surface area contributed by atoms with Crippen molar-refractivity contribution in [1.82, 2.24) is 14.7 Å². The molecule has 2 atom stereocenters. The van der Waals surface area contributed by atoms with Gasteiger partial charge >= 0.3 is 0 Å². The number of fused-ring (bicyclic) bond motifs is 2. The number of aromatic nitrogens is 2. The number of benzene rings is 2. The van der Waals surface area contributed by atoms with Gasteiger partial charge in [-0.05, 0) is 30.2 Å². The second-order valence-electron chi connectivity index (χ2n) is 7.99. The van der Waals surface area contributed by atoms with E-state index in [4.69, 9.17) is 4.74 Å². The number of aromatic hydroxyl groups is 1. The number of carbonyl (C=O) groups excluding carboxylic acids is 2. The van der Waals surface area contributed by atoms with E-state index < -0.39 is 11.5 Å². The van der Waals surface area contributed by atoms with Gasteiger partial charge in [-0.1, -0.05) is 18.2 Å². The van der Waals surface area contributed by atoms with Crippen molar-refractivity contribution in [3.05, 3.63) is 71.5 Å². The maximum Gasteiger partial charge on any atom is 0.254 e. The van der Waals surface area contributed by atoms with Gasteiger partial charge in [0.15, 0.2) is 0 Å². The molecule has 31 heavy (non-hydrogen) atoms. The number of amides is 2. The van der Waals surface area contributed by atoms with Gasteiger partial charge in [-0.3, -0.25) is 14.3 Å². The summed E-state index contributed by atoms with van der Waals surface area (Å²) in [7, 11) is 3.28. The molecular weight excluding hydrogens is 396 g/mol. The topological polar surface area (TPSA) is 96.7 Å². The standard InChI is InChI=1S/C23H22N4O4/c1-26-13-15(12-24-26)20-23(18-5-3-4-6-19(18)25-22(23)30)7-8-27(20)21(29)14-9-16(28)11-17(10-14)31-2/h3-6,9-13,20,28H,7-8H2,1-2H3,(H,25,30)/t20-,23+/m0/s1. The van der Waals surface area contributed by atoms with Crippen LogP contribution in [0.5, 0.6) is 11.5 Å². The highest BCUT2D eigenvalue weighted by molar-refractivity contribution is 6.08. The first kappa shape index (κ1) is 19.2. The predicted molar refractivity (Wildman–Crippen MR) is 113 cm³/mol. The third-order valence-electron chi connectivity index (χ3n) is 6.26. The van der Waals surface area contributed by atoms with E-state index in [9.17, 15) is 14.7 Å². The highest BCUT2D eigenvalue weighted by Crippen LogP contribution is 2.54. The quantitative estimate of drug-likeness (QED) is 0.682. The number of ether oxygens (including phenoxy) is 1. The molecule has 2 amide bonds.